The maximum atomic E-state index is 13.7. The Balaban J connectivity index is 1.73. The average Bonchev–Trinajstić information content (AvgIpc) is 3.18. The van der Waals surface area contributed by atoms with Crippen LogP contribution in [-0.4, -0.2) is 35.1 Å². The number of nitrogens with two attached hydrogens (primary N) is 1. The van der Waals surface area contributed by atoms with Crippen LogP contribution < -0.4 is 15.2 Å². The molecule has 3 aromatic carbocycles. The van der Waals surface area contributed by atoms with Gasteiger partial charge in [0.1, 0.15) is 0 Å². The van der Waals surface area contributed by atoms with Crippen molar-refractivity contribution in [3.8, 4) is 11.5 Å². The first-order valence-corrected chi connectivity index (χ1v) is 13.6. The first kappa shape index (κ1) is 26.7. The van der Waals surface area contributed by atoms with Crippen molar-refractivity contribution in [1.82, 2.24) is 4.90 Å². The molecule has 1 saturated heterocycles. The van der Waals surface area contributed by atoms with Crippen LogP contribution in [0.5, 0.6) is 11.5 Å². The van der Waals surface area contributed by atoms with Crippen molar-refractivity contribution in [2.45, 2.75) is 19.9 Å². The second-order valence-corrected chi connectivity index (χ2v) is 10.3. The van der Waals surface area contributed by atoms with Crippen LogP contribution in [0.4, 0.5) is 5.69 Å². The van der Waals surface area contributed by atoms with Crippen molar-refractivity contribution in [3.05, 3.63) is 92.4 Å². The fraction of sp³-hybridized carbons (Fsp3) is 0.179. The lowest BCUT2D eigenvalue weighted by Crippen LogP contribution is -2.32. The molecule has 1 fully saturated rings. The second-order valence-electron chi connectivity index (χ2n) is 8.12. The largest absolute Gasteiger partial charge is 0.490 e. The maximum Gasteiger partial charge on any atom is 0.267 e. The highest BCUT2D eigenvalue weighted by atomic mass is 127. The van der Waals surface area contributed by atoms with Gasteiger partial charge in [0.25, 0.3) is 11.8 Å². The number of aliphatic imine (C=N–C) groups is 1. The lowest BCUT2D eigenvalue weighted by atomic mass is 10.1. The quantitative estimate of drug-likeness (QED) is 0.235. The fourth-order valence-electron chi connectivity index (χ4n) is 3.77. The van der Waals surface area contributed by atoms with Crippen LogP contribution in [0, 0.1) is 3.57 Å². The van der Waals surface area contributed by atoms with E-state index >= 15 is 0 Å². The minimum Gasteiger partial charge on any atom is -0.490 e. The van der Waals surface area contributed by atoms with Crippen LogP contribution in [0.1, 0.15) is 31.0 Å². The first-order chi connectivity index (χ1) is 17.9. The van der Waals surface area contributed by atoms with Gasteiger partial charge in [0.2, 0.25) is 0 Å². The number of nitrogens with zero attached hydrogens (tertiary/aromatic N) is 2. The van der Waals surface area contributed by atoms with Gasteiger partial charge >= 0.3 is 0 Å². The summed E-state index contributed by atoms with van der Waals surface area (Å²) in [6.07, 6.45) is 1.83. The number of amides is 2. The molecule has 1 heterocycles. The summed E-state index contributed by atoms with van der Waals surface area (Å²) in [6, 6.07) is 22.9. The minimum absolute atomic E-state index is 0.127. The van der Waals surface area contributed by atoms with Crippen LogP contribution >= 0.6 is 34.4 Å². The normalized spacial score (nSPS) is 16.3. The van der Waals surface area contributed by atoms with Gasteiger partial charge in [0.05, 0.1) is 26.8 Å². The molecule has 1 aliphatic heterocycles. The average molecular weight is 628 g/mol. The fourth-order valence-corrected chi connectivity index (χ4v) is 5.62. The molecule has 1 atom stereocenters. The smallest absolute Gasteiger partial charge is 0.267 e. The second kappa shape index (κ2) is 12.3. The summed E-state index contributed by atoms with van der Waals surface area (Å²) < 4.78 is 12.1. The number of halogens is 1. The van der Waals surface area contributed by atoms with Crippen molar-refractivity contribution in [2.75, 3.05) is 13.2 Å². The van der Waals surface area contributed by atoms with E-state index in [2.05, 4.69) is 22.6 Å². The monoisotopic (exact) mass is 627 g/mol. The number of primary amides is 1. The molecular weight excluding hydrogens is 601 g/mol. The van der Waals surface area contributed by atoms with Crippen LogP contribution in [0.25, 0.3) is 6.08 Å². The highest BCUT2D eigenvalue weighted by Gasteiger charge is 2.37. The summed E-state index contributed by atoms with van der Waals surface area (Å²) in [5.41, 5.74) is 7.80. The molecule has 9 heteroatoms. The summed E-state index contributed by atoms with van der Waals surface area (Å²) in [7, 11) is 0. The Hall–Kier alpha value is -3.31. The van der Waals surface area contributed by atoms with Gasteiger partial charge in [0.15, 0.2) is 23.3 Å². The Kier molecular flexibility index (Phi) is 8.88. The predicted molar refractivity (Wildman–Crippen MR) is 156 cm³/mol. The highest BCUT2D eigenvalue weighted by Crippen LogP contribution is 2.41. The molecule has 7 nitrogen and oxygen atoms in total. The van der Waals surface area contributed by atoms with E-state index < -0.39 is 5.91 Å². The van der Waals surface area contributed by atoms with Gasteiger partial charge in [0, 0.05) is 0 Å². The van der Waals surface area contributed by atoms with Crippen molar-refractivity contribution in [1.29, 1.82) is 0 Å². The van der Waals surface area contributed by atoms with Crippen molar-refractivity contribution >= 4 is 63.1 Å². The molecule has 4 rings (SSSR count). The van der Waals surface area contributed by atoms with Crippen molar-refractivity contribution in [2.24, 2.45) is 10.7 Å². The Labute approximate surface area is 233 Å². The van der Waals surface area contributed by atoms with Crippen molar-refractivity contribution in [3.63, 3.8) is 0 Å². The number of carbonyl (C=O) groups is 2. The van der Waals surface area contributed by atoms with Gasteiger partial charge in [-0.05, 0) is 89.7 Å². The molecule has 2 amide bonds. The van der Waals surface area contributed by atoms with Crippen LogP contribution in [0.3, 0.4) is 0 Å². The first-order valence-electron chi connectivity index (χ1n) is 11.7. The number of carbonyl (C=O) groups excluding carboxylic acids is 2. The molecular formula is C28H26IN3O4S. The summed E-state index contributed by atoms with van der Waals surface area (Å²) in [4.78, 5) is 32.0. The minimum atomic E-state index is -0.574. The molecule has 2 N–H and O–H groups in total. The van der Waals surface area contributed by atoms with Crippen LogP contribution in [0.15, 0.2) is 82.7 Å². The lowest BCUT2D eigenvalue weighted by molar-refractivity contribution is -0.123. The molecule has 0 radical (unpaired) electrons. The van der Waals surface area contributed by atoms with E-state index in [0.717, 1.165) is 20.4 Å². The van der Waals surface area contributed by atoms with Gasteiger partial charge in [-0.15, -0.1) is 0 Å². The third-order valence-electron chi connectivity index (χ3n) is 5.48. The predicted octanol–water partition coefficient (Wildman–Crippen LogP) is 5.92. The third kappa shape index (κ3) is 6.53. The molecule has 0 saturated carbocycles. The SMILES string of the molecule is CCOc1cc(/C=C2/SC(=Nc3ccccc3)N([C@H](C)c3ccccc3)C2=O)cc(I)c1OCC(N)=O. The molecule has 0 bridgehead atoms. The zero-order valence-electron chi connectivity index (χ0n) is 20.4. The number of hydrogen-bond donors (Lipinski definition) is 1. The maximum absolute atomic E-state index is 13.7. The van der Waals surface area contributed by atoms with Crippen LogP contribution in [0.2, 0.25) is 0 Å². The van der Waals surface area contributed by atoms with E-state index in [-0.39, 0.29) is 18.6 Å². The van der Waals surface area contributed by atoms with Gasteiger partial charge in [-0.25, -0.2) is 4.99 Å². The molecule has 3 aromatic rings. The molecule has 37 heavy (non-hydrogen) atoms. The van der Waals surface area contributed by atoms with Gasteiger partial charge in [-0.1, -0.05) is 48.5 Å². The zero-order chi connectivity index (χ0) is 26.4. The number of para-hydroxylation sites is 1. The molecule has 0 unspecified atom stereocenters. The van der Waals surface area contributed by atoms with E-state index in [0.29, 0.717) is 28.2 Å². The van der Waals surface area contributed by atoms with E-state index in [1.807, 2.05) is 86.7 Å². The molecule has 0 aromatic heterocycles. The molecule has 0 spiro atoms. The lowest BCUT2D eigenvalue weighted by Gasteiger charge is -2.24. The number of amidine groups is 1. The van der Waals surface area contributed by atoms with Crippen molar-refractivity contribution < 1.29 is 19.1 Å². The van der Waals surface area contributed by atoms with Crippen LogP contribution in [-0.2, 0) is 9.59 Å². The van der Waals surface area contributed by atoms with E-state index in [4.69, 9.17) is 20.2 Å². The molecule has 1 aliphatic rings. The summed E-state index contributed by atoms with van der Waals surface area (Å²) in [6.45, 7) is 4.02. The topological polar surface area (TPSA) is 94.2 Å². The van der Waals surface area contributed by atoms with Gasteiger partial charge in [-0.2, -0.15) is 0 Å². The van der Waals surface area contributed by atoms with E-state index in [1.165, 1.54) is 11.8 Å². The van der Waals surface area contributed by atoms with Gasteiger partial charge < -0.3 is 15.2 Å². The Morgan fingerprint density at radius 1 is 1.11 bits per heavy atom. The standard InChI is InChI=1S/C28H26IN3O4S/c1-3-35-23-15-19(14-22(29)26(23)36-17-25(30)33)16-24-27(34)32(18(2)20-10-6-4-7-11-20)28(37-24)31-21-12-8-5-9-13-21/h4-16,18H,3,17H2,1-2H3,(H2,30,33)/b24-16+,31-28?/t18-/m1/s1. The Morgan fingerprint density at radius 2 is 1.78 bits per heavy atom. The summed E-state index contributed by atoms with van der Waals surface area (Å²) >= 11 is 3.45. The summed E-state index contributed by atoms with van der Waals surface area (Å²) in [5, 5.41) is 0.611. The highest BCUT2D eigenvalue weighted by molar-refractivity contribution is 14.1. The zero-order valence-corrected chi connectivity index (χ0v) is 23.4. The Bertz CT molecular complexity index is 1350. The van der Waals surface area contributed by atoms with E-state index in [9.17, 15) is 9.59 Å². The van der Waals surface area contributed by atoms with E-state index in [1.54, 1.807) is 11.0 Å². The number of rotatable bonds is 9. The molecule has 190 valence electrons. The number of thioether (sulfide) groups is 1. The number of ether oxygens (including phenoxy) is 2. The third-order valence-corrected chi connectivity index (χ3v) is 7.26. The number of benzene rings is 3. The van der Waals surface area contributed by atoms with Gasteiger partial charge in [-0.3, -0.25) is 14.5 Å². The number of hydrogen-bond acceptors (Lipinski definition) is 6. The Morgan fingerprint density at radius 3 is 2.43 bits per heavy atom. The summed E-state index contributed by atoms with van der Waals surface area (Å²) in [5.74, 6) is 0.221. The molecule has 0 aliphatic carbocycles.